The molecule has 1 aromatic carbocycles. The van der Waals surface area contributed by atoms with E-state index in [0.29, 0.717) is 13.0 Å². The Morgan fingerprint density at radius 3 is 2.54 bits per heavy atom. The number of esters is 1. The summed E-state index contributed by atoms with van der Waals surface area (Å²) in [4.78, 5) is 11.2. The molecule has 0 fully saturated rings. The fourth-order valence-electron chi connectivity index (χ4n) is 3.58. The molecular formula is C26H34O2. The average molecular weight is 379 g/mol. The van der Waals surface area contributed by atoms with Crippen LogP contribution in [0.4, 0.5) is 0 Å². The molecule has 1 aliphatic rings. The summed E-state index contributed by atoms with van der Waals surface area (Å²) in [5.41, 5.74) is 6.68. The van der Waals surface area contributed by atoms with Gasteiger partial charge in [-0.25, -0.2) is 0 Å². The van der Waals surface area contributed by atoms with E-state index < -0.39 is 0 Å². The molecule has 150 valence electrons. The lowest BCUT2D eigenvalue weighted by Crippen LogP contribution is -2.19. The largest absolute Gasteiger partial charge is 0.461 e. The summed E-state index contributed by atoms with van der Waals surface area (Å²) < 4.78 is 5.15. The van der Waals surface area contributed by atoms with E-state index in [-0.39, 0.29) is 11.4 Å². The Balaban J connectivity index is 1.95. The van der Waals surface area contributed by atoms with Crippen molar-refractivity contribution in [1.29, 1.82) is 0 Å². The second-order valence-corrected chi connectivity index (χ2v) is 8.29. The first-order valence-corrected chi connectivity index (χ1v) is 10.3. The highest BCUT2D eigenvalue weighted by atomic mass is 16.5. The fourth-order valence-corrected chi connectivity index (χ4v) is 3.58. The normalized spacial score (nSPS) is 17.5. The second-order valence-electron chi connectivity index (χ2n) is 8.29. The van der Waals surface area contributed by atoms with Crippen LogP contribution in [0.1, 0.15) is 71.4 Å². The molecule has 2 heteroatoms. The maximum absolute atomic E-state index is 11.2. The minimum Gasteiger partial charge on any atom is -0.461 e. The van der Waals surface area contributed by atoms with E-state index in [0.717, 1.165) is 11.1 Å². The quantitative estimate of drug-likeness (QED) is 0.371. The number of ether oxygens (including phenoxy) is 1. The van der Waals surface area contributed by atoms with Crippen LogP contribution < -0.4 is 0 Å². The van der Waals surface area contributed by atoms with Crippen LogP contribution in [0.2, 0.25) is 0 Å². The van der Waals surface area contributed by atoms with E-state index in [4.69, 9.17) is 4.74 Å². The van der Waals surface area contributed by atoms with Crippen molar-refractivity contribution in [3.05, 3.63) is 76.4 Å². The molecule has 1 aromatic rings. The van der Waals surface area contributed by atoms with Gasteiger partial charge in [0.25, 0.3) is 0 Å². The number of carbonyl (C=O) groups is 1. The van der Waals surface area contributed by atoms with Crippen LogP contribution >= 0.6 is 0 Å². The van der Waals surface area contributed by atoms with E-state index in [1.54, 1.807) is 6.92 Å². The molecule has 2 rings (SSSR count). The van der Waals surface area contributed by atoms with Gasteiger partial charge in [0.1, 0.15) is 6.61 Å². The predicted octanol–water partition coefficient (Wildman–Crippen LogP) is 7.18. The van der Waals surface area contributed by atoms with Crippen LogP contribution in [-0.4, -0.2) is 5.97 Å². The molecule has 0 unspecified atom stereocenters. The number of rotatable bonds is 7. The van der Waals surface area contributed by atoms with Gasteiger partial charge in [0.05, 0.1) is 0 Å². The number of allylic oxidation sites excluding steroid dienone is 7. The molecule has 0 atom stereocenters. The maximum Gasteiger partial charge on any atom is 0.305 e. The highest BCUT2D eigenvalue weighted by Crippen LogP contribution is 2.40. The molecule has 0 aliphatic heterocycles. The van der Waals surface area contributed by atoms with Gasteiger partial charge in [-0.3, -0.25) is 4.79 Å². The smallest absolute Gasteiger partial charge is 0.305 e. The predicted molar refractivity (Wildman–Crippen MR) is 119 cm³/mol. The third-order valence-corrected chi connectivity index (χ3v) is 5.37. The summed E-state index contributed by atoms with van der Waals surface area (Å²) in [7, 11) is 0. The fraction of sp³-hybridized carbons (Fsp3) is 0.423. The first-order chi connectivity index (χ1) is 13.3. The zero-order valence-electron chi connectivity index (χ0n) is 18.0. The minimum atomic E-state index is -0.166. The Labute approximate surface area is 170 Å². The molecule has 0 spiro atoms. The third-order valence-electron chi connectivity index (χ3n) is 5.37. The van der Waals surface area contributed by atoms with Gasteiger partial charge in [-0.2, -0.15) is 0 Å². The Bertz CT molecular complexity index is 786. The van der Waals surface area contributed by atoms with E-state index in [2.05, 4.69) is 58.1 Å². The number of benzene rings is 1. The molecule has 0 N–H and O–H groups in total. The first kappa shape index (κ1) is 21.9. The van der Waals surface area contributed by atoms with Crippen molar-refractivity contribution in [2.45, 2.75) is 66.9 Å². The lowest BCUT2D eigenvalue weighted by molar-refractivity contribution is -0.144. The number of carbonyl (C=O) groups excluding carboxylic acids is 1. The van der Waals surface area contributed by atoms with Crippen molar-refractivity contribution in [2.24, 2.45) is 5.41 Å². The molecule has 0 saturated carbocycles. The lowest BCUT2D eigenvalue weighted by atomic mass is 9.72. The topological polar surface area (TPSA) is 26.3 Å². The van der Waals surface area contributed by atoms with Crippen LogP contribution in [0.25, 0.3) is 6.08 Å². The Morgan fingerprint density at radius 2 is 1.89 bits per heavy atom. The van der Waals surface area contributed by atoms with Crippen LogP contribution in [0.5, 0.6) is 0 Å². The molecule has 28 heavy (non-hydrogen) atoms. The zero-order chi connectivity index (χ0) is 20.6. The molecule has 1 aliphatic carbocycles. The summed E-state index contributed by atoms with van der Waals surface area (Å²) >= 11 is 0. The highest BCUT2D eigenvalue weighted by molar-refractivity contribution is 5.68. The summed E-state index contributed by atoms with van der Waals surface area (Å²) in [5, 5.41) is 0. The highest BCUT2D eigenvalue weighted by Gasteiger charge is 2.26. The SMILES string of the molecule is CCC(=O)OCc1ccc(/C=C/C=C(C)/C=C/C2=C(C)CCCC2(C)C)cc1. The Hall–Kier alpha value is -2.35. The van der Waals surface area contributed by atoms with Gasteiger partial charge in [-0.1, -0.05) is 86.6 Å². The van der Waals surface area contributed by atoms with Crippen molar-refractivity contribution in [2.75, 3.05) is 0 Å². The Morgan fingerprint density at radius 1 is 1.18 bits per heavy atom. The average Bonchev–Trinajstić information content (AvgIpc) is 2.66. The lowest BCUT2D eigenvalue weighted by Gasteiger charge is -2.32. The minimum absolute atomic E-state index is 0.166. The van der Waals surface area contributed by atoms with Gasteiger partial charge in [-0.05, 0) is 55.2 Å². The van der Waals surface area contributed by atoms with Crippen molar-refractivity contribution in [1.82, 2.24) is 0 Å². The van der Waals surface area contributed by atoms with Gasteiger partial charge < -0.3 is 4.74 Å². The molecule has 2 nitrogen and oxygen atoms in total. The van der Waals surface area contributed by atoms with Crippen molar-refractivity contribution < 1.29 is 9.53 Å². The summed E-state index contributed by atoms with van der Waals surface area (Å²) in [6, 6.07) is 8.09. The monoisotopic (exact) mass is 378 g/mol. The van der Waals surface area contributed by atoms with Crippen LogP contribution in [-0.2, 0) is 16.1 Å². The summed E-state index contributed by atoms with van der Waals surface area (Å²) in [6.07, 6.45) is 15.0. The molecule has 0 amide bonds. The van der Waals surface area contributed by atoms with Crippen molar-refractivity contribution in [3.63, 3.8) is 0 Å². The van der Waals surface area contributed by atoms with E-state index in [1.165, 1.54) is 36.0 Å². The molecule has 0 aromatic heterocycles. The standard InChI is InChI=1S/C26H34O2/c1-6-25(27)28-19-23-15-13-22(14-16-23)11-7-9-20(2)12-17-24-21(3)10-8-18-26(24,4)5/h7,9,11-17H,6,8,10,18-19H2,1-5H3/b11-7+,17-12+,20-9+. The molecular weight excluding hydrogens is 344 g/mol. The second kappa shape index (κ2) is 10.3. The van der Waals surface area contributed by atoms with Crippen LogP contribution in [0.3, 0.4) is 0 Å². The molecule has 0 bridgehead atoms. The Kier molecular flexibility index (Phi) is 8.04. The summed E-state index contributed by atoms with van der Waals surface area (Å²) in [5.74, 6) is -0.166. The van der Waals surface area contributed by atoms with E-state index >= 15 is 0 Å². The zero-order valence-corrected chi connectivity index (χ0v) is 18.0. The van der Waals surface area contributed by atoms with E-state index in [1.807, 2.05) is 24.3 Å². The number of hydrogen-bond acceptors (Lipinski definition) is 2. The van der Waals surface area contributed by atoms with Gasteiger partial charge in [0.2, 0.25) is 0 Å². The van der Waals surface area contributed by atoms with Crippen LogP contribution in [0.15, 0.2) is 65.3 Å². The van der Waals surface area contributed by atoms with Gasteiger partial charge in [-0.15, -0.1) is 0 Å². The van der Waals surface area contributed by atoms with Crippen molar-refractivity contribution >= 4 is 12.0 Å². The molecule has 0 heterocycles. The van der Waals surface area contributed by atoms with Gasteiger partial charge >= 0.3 is 5.97 Å². The van der Waals surface area contributed by atoms with Gasteiger partial charge in [0, 0.05) is 6.42 Å². The van der Waals surface area contributed by atoms with Crippen molar-refractivity contribution in [3.8, 4) is 0 Å². The molecule has 0 saturated heterocycles. The van der Waals surface area contributed by atoms with Crippen LogP contribution in [0, 0.1) is 5.41 Å². The summed E-state index contributed by atoms with van der Waals surface area (Å²) in [6.45, 7) is 11.2. The third kappa shape index (κ3) is 6.67. The van der Waals surface area contributed by atoms with E-state index in [9.17, 15) is 4.79 Å². The van der Waals surface area contributed by atoms with Gasteiger partial charge in [0.15, 0.2) is 0 Å². The first-order valence-electron chi connectivity index (χ1n) is 10.3. The number of hydrogen-bond donors (Lipinski definition) is 0. The molecule has 0 radical (unpaired) electrons. The maximum atomic E-state index is 11.2.